The van der Waals surface area contributed by atoms with Crippen molar-refractivity contribution in [1.82, 2.24) is 5.32 Å². The van der Waals surface area contributed by atoms with Gasteiger partial charge in [-0.3, -0.25) is 0 Å². The van der Waals surface area contributed by atoms with Crippen molar-refractivity contribution in [2.45, 2.75) is 78.2 Å². The second-order valence-electron chi connectivity index (χ2n) is 7.31. The van der Waals surface area contributed by atoms with Crippen LogP contribution in [-0.4, -0.2) is 25.8 Å². The maximum absolute atomic E-state index is 5.60. The summed E-state index contributed by atoms with van der Waals surface area (Å²) in [7, 11) is 1.84. The van der Waals surface area contributed by atoms with E-state index in [9.17, 15) is 0 Å². The topological polar surface area (TPSA) is 21.3 Å². The quantitative estimate of drug-likeness (QED) is 0.623. The van der Waals surface area contributed by atoms with Crippen LogP contribution >= 0.6 is 0 Å². The molecule has 2 heteroatoms. The van der Waals surface area contributed by atoms with Crippen molar-refractivity contribution in [2.24, 2.45) is 17.8 Å². The molecule has 0 aromatic carbocycles. The smallest absolute Gasteiger partial charge is 0.0622 e. The largest absolute Gasteiger partial charge is 0.379 e. The lowest BCUT2D eigenvalue weighted by Gasteiger charge is -2.38. The Balaban J connectivity index is 2.48. The van der Waals surface area contributed by atoms with Crippen LogP contribution in [0.1, 0.15) is 72.6 Å². The fourth-order valence-corrected chi connectivity index (χ4v) is 3.52. The van der Waals surface area contributed by atoms with E-state index in [0.717, 1.165) is 17.8 Å². The molecule has 1 N–H and O–H groups in total. The van der Waals surface area contributed by atoms with E-state index < -0.39 is 0 Å². The normalized spacial score (nSPS) is 27.8. The molecule has 0 amide bonds. The molecule has 0 radical (unpaired) electrons. The minimum Gasteiger partial charge on any atom is -0.379 e. The van der Waals surface area contributed by atoms with E-state index in [1.807, 2.05) is 7.11 Å². The van der Waals surface area contributed by atoms with Gasteiger partial charge in [0.05, 0.1) is 5.60 Å². The molecule has 0 bridgehead atoms. The van der Waals surface area contributed by atoms with Crippen LogP contribution in [0.4, 0.5) is 0 Å². The van der Waals surface area contributed by atoms with Gasteiger partial charge in [-0.2, -0.15) is 0 Å². The lowest BCUT2D eigenvalue weighted by Crippen LogP contribution is -2.35. The predicted molar refractivity (Wildman–Crippen MR) is 88.1 cm³/mol. The maximum Gasteiger partial charge on any atom is 0.0622 e. The molecule has 120 valence electrons. The zero-order valence-electron chi connectivity index (χ0n) is 14.5. The number of methoxy groups -OCH3 is 1. The minimum absolute atomic E-state index is 0.0422. The number of rotatable bonds is 9. The molecule has 1 aliphatic rings. The number of hydrogen-bond donors (Lipinski definition) is 1. The van der Waals surface area contributed by atoms with Crippen LogP contribution in [0.3, 0.4) is 0 Å². The van der Waals surface area contributed by atoms with E-state index in [1.54, 1.807) is 0 Å². The molecule has 3 unspecified atom stereocenters. The standard InChI is InChI=1S/C18H37NO/c1-6-12-19-14-17-9-8-15(7-2)13-16(17)10-11-18(3,4)20-5/h15-17,19H,6-14H2,1-5H3. The molecule has 2 nitrogen and oxygen atoms in total. The van der Waals surface area contributed by atoms with Gasteiger partial charge in [0.15, 0.2) is 0 Å². The van der Waals surface area contributed by atoms with Gasteiger partial charge in [0, 0.05) is 7.11 Å². The highest BCUT2D eigenvalue weighted by molar-refractivity contribution is 4.83. The summed E-state index contributed by atoms with van der Waals surface area (Å²) in [6.07, 6.45) is 9.43. The lowest BCUT2D eigenvalue weighted by molar-refractivity contribution is 0.00443. The molecule has 0 aliphatic heterocycles. The minimum atomic E-state index is 0.0422. The first-order valence-corrected chi connectivity index (χ1v) is 8.78. The van der Waals surface area contributed by atoms with Crippen LogP contribution in [-0.2, 0) is 4.74 Å². The summed E-state index contributed by atoms with van der Waals surface area (Å²) in [6, 6.07) is 0. The van der Waals surface area contributed by atoms with Crippen molar-refractivity contribution < 1.29 is 4.74 Å². The predicted octanol–water partition coefficient (Wildman–Crippen LogP) is 4.63. The van der Waals surface area contributed by atoms with Gasteiger partial charge in [0.25, 0.3) is 0 Å². The fourth-order valence-electron chi connectivity index (χ4n) is 3.52. The Labute approximate surface area is 127 Å². The molecule has 0 aromatic rings. The van der Waals surface area contributed by atoms with E-state index in [0.29, 0.717) is 0 Å². The molecular weight excluding hydrogens is 246 g/mol. The summed E-state index contributed by atoms with van der Waals surface area (Å²) in [5.41, 5.74) is 0.0422. The molecule has 3 atom stereocenters. The summed E-state index contributed by atoms with van der Waals surface area (Å²) in [6.45, 7) is 11.4. The molecule has 1 rings (SSSR count). The number of nitrogens with one attached hydrogen (secondary N) is 1. The maximum atomic E-state index is 5.60. The summed E-state index contributed by atoms with van der Waals surface area (Å²) < 4.78 is 5.60. The van der Waals surface area contributed by atoms with E-state index in [1.165, 1.54) is 58.0 Å². The molecule has 20 heavy (non-hydrogen) atoms. The third-order valence-corrected chi connectivity index (χ3v) is 5.33. The first-order chi connectivity index (χ1) is 9.52. The Bertz CT molecular complexity index is 250. The van der Waals surface area contributed by atoms with E-state index in [2.05, 4.69) is 33.0 Å². The van der Waals surface area contributed by atoms with Crippen LogP contribution in [0.2, 0.25) is 0 Å². The van der Waals surface area contributed by atoms with Crippen LogP contribution in [0.5, 0.6) is 0 Å². The summed E-state index contributed by atoms with van der Waals surface area (Å²) in [5, 5.41) is 3.65. The summed E-state index contributed by atoms with van der Waals surface area (Å²) in [5.74, 6) is 2.75. The van der Waals surface area contributed by atoms with Gasteiger partial charge >= 0.3 is 0 Å². The molecule has 1 fully saturated rings. The average Bonchev–Trinajstić information content (AvgIpc) is 2.46. The zero-order chi connectivity index (χ0) is 15.0. The van der Waals surface area contributed by atoms with Crippen molar-refractivity contribution in [3.05, 3.63) is 0 Å². The fraction of sp³-hybridized carbons (Fsp3) is 1.00. The second-order valence-corrected chi connectivity index (χ2v) is 7.31. The highest BCUT2D eigenvalue weighted by Gasteiger charge is 2.30. The van der Waals surface area contributed by atoms with Crippen LogP contribution in [0.25, 0.3) is 0 Å². The molecule has 1 saturated carbocycles. The first kappa shape index (κ1) is 18.0. The Hall–Kier alpha value is -0.0800. The van der Waals surface area contributed by atoms with Gasteiger partial charge in [-0.1, -0.05) is 26.7 Å². The third kappa shape index (κ3) is 6.13. The van der Waals surface area contributed by atoms with E-state index in [-0.39, 0.29) is 5.60 Å². The molecule has 1 aliphatic carbocycles. The SMILES string of the molecule is CCCNCC1CCC(CC)CC1CCC(C)(C)OC. The van der Waals surface area contributed by atoms with Crippen molar-refractivity contribution in [3.8, 4) is 0 Å². The zero-order valence-corrected chi connectivity index (χ0v) is 14.5. The molecule has 0 heterocycles. The second kappa shape index (κ2) is 9.04. The highest BCUT2D eigenvalue weighted by Crippen LogP contribution is 2.38. The monoisotopic (exact) mass is 283 g/mol. The van der Waals surface area contributed by atoms with Gasteiger partial charge < -0.3 is 10.1 Å². The Morgan fingerprint density at radius 2 is 1.90 bits per heavy atom. The molecular formula is C18H37NO. The van der Waals surface area contributed by atoms with E-state index >= 15 is 0 Å². The van der Waals surface area contributed by atoms with Crippen molar-refractivity contribution >= 4 is 0 Å². The van der Waals surface area contributed by atoms with Crippen LogP contribution in [0.15, 0.2) is 0 Å². The Morgan fingerprint density at radius 3 is 2.50 bits per heavy atom. The molecule has 0 spiro atoms. The van der Waals surface area contributed by atoms with Crippen LogP contribution < -0.4 is 5.32 Å². The van der Waals surface area contributed by atoms with Gasteiger partial charge in [0.2, 0.25) is 0 Å². The molecule has 0 aromatic heterocycles. The Morgan fingerprint density at radius 1 is 1.15 bits per heavy atom. The van der Waals surface area contributed by atoms with E-state index in [4.69, 9.17) is 4.74 Å². The van der Waals surface area contributed by atoms with Crippen molar-refractivity contribution in [1.29, 1.82) is 0 Å². The number of hydrogen-bond acceptors (Lipinski definition) is 2. The molecule has 0 saturated heterocycles. The average molecular weight is 283 g/mol. The highest BCUT2D eigenvalue weighted by atomic mass is 16.5. The summed E-state index contributed by atoms with van der Waals surface area (Å²) in [4.78, 5) is 0. The Kier molecular flexibility index (Phi) is 8.13. The van der Waals surface area contributed by atoms with Gasteiger partial charge in [-0.25, -0.2) is 0 Å². The van der Waals surface area contributed by atoms with Crippen molar-refractivity contribution in [3.63, 3.8) is 0 Å². The first-order valence-electron chi connectivity index (χ1n) is 8.78. The van der Waals surface area contributed by atoms with Gasteiger partial charge in [-0.15, -0.1) is 0 Å². The number of ether oxygens (including phenoxy) is 1. The summed E-state index contributed by atoms with van der Waals surface area (Å²) >= 11 is 0. The van der Waals surface area contributed by atoms with Gasteiger partial charge in [0.1, 0.15) is 0 Å². The lowest BCUT2D eigenvalue weighted by atomic mass is 9.70. The van der Waals surface area contributed by atoms with Crippen LogP contribution in [0, 0.1) is 17.8 Å². The van der Waals surface area contributed by atoms with Gasteiger partial charge in [-0.05, 0) is 76.8 Å². The third-order valence-electron chi connectivity index (χ3n) is 5.33. The van der Waals surface area contributed by atoms with Crippen molar-refractivity contribution in [2.75, 3.05) is 20.2 Å².